The van der Waals surface area contributed by atoms with Crippen molar-refractivity contribution in [2.45, 2.75) is 19.4 Å². The fourth-order valence-electron chi connectivity index (χ4n) is 2.95. The normalized spacial score (nSPS) is 23.0. The Labute approximate surface area is 133 Å². The lowest BCUT2D eigenvalue weighted by Crippen LogP contribution is -2.39. The van der Waals surface area contributed by atoms with E-state index in [9.17, 15) is 9.59 Å². The zero-order valence-corrected chi connectivity index (χ0v) is 12.9. The first-order valence-electron chi connectivity index (χ1n) is 7.85. The maximum absolute atomic E-state index is 12.4. The van der Waals surface area contributed by atoms with Crippen molar-refractivity contribution < 1.29 is 18.8 Å². The van der Waals surface area contributed by atoms with Crippen molar-refractivity contribution in [1.29, 1.82) is 0 Å². The molecule has 1 aromatic rings. The van der Waals surface area contributed by atoms with Gasteiger partial charge < -0.3 is 19.9 Å². The number of amides is 2. The molecule has 2 fully saturated rings. The first-order chi connectivity index (χ1) is 11.1. The maximum Gasteiger partial charge on any atom is 0.290 e. The standard InChI is InChI=1S/C14H21N5O4/c15-12(20)13-16-11(23-17-13)8-18-3-1-4-19(6-5-18)14(21)10-2-7-22-9-10/h10H,1-9H2,(H2,15,20). The average molecular weight is 323 g/mol. The molecule has 2 aliphatic heterocycles. The van der Waals surface area contributed by atoms with Crippen molar-refractivity contribution in [3.63, 3.8) is 0 Å². The van der Waals surface area contributed by atoms with Crippen LogP contribution in [-0.4, -0.2) is 71.1 Å². The molecule has 9 heteroatoms. The minimum absolute atomic E-state index is 0.00983. The summed E-state index contributed by atoms with van der Waals surface area (Å²) in [6.07, 6.45) is 1.70. The van der Waals surface area contributed by atoms with Crippen molar-refractivity contribution in [3.8, 4) is 0 Å². The second-order valence-electron chi connectivity index (χ2n) is 5.89. The third kappa shape index (κ3) is 3.85. The van der Waals surface area contributed by atoms with Crippen LogP contribution in [0.3, 0.4) is 0 Å². The van der Waals surface area contributed by atoms with Gasteiger partial charge in [-0.3, -0.25) is 14.5 Å². The molecule has 126 valence electrons. The molecule has 1 unspecified atom stereocenters. The van der Waals surface area contributed by atoms with Gasteiger partial charge in [0.1, 0.15) is 0 Å². The molecule has 2 saturated heterocycles. The van der Waals surface area contributed by atoms with Crippen LogP contribution < -0.4 is 5.73 Å². The maximum atomic E-state index is 12.4. The summed E-state index contributed by atoms with van der Waals surface area (Å²) in [5, 5.41) is 3.53. The van der Waals surface area contributed by atoms with E-state index >= 15 is 0 Å². The highest BCUT2D eigenvalue weighted by Crippen LogP contribution is 2.17. The zero-order chi connectivity index (χ0) is 16.2. The lowest BCUT2D eigenvalue weighted by Gasteiger charge is -2.23. The molecule has 0 saturated carbocycles. The fourth-order valence-corrected chi connectivity index (χ4v) is 2.95. The van der Waals surface area contributed by atoms with Gasteiger partial charge >= 0.3 is 0 Å². The number of hydrogen-bond acceptors (Lipinski definition) is 7. The summed E-state index contributed by atoms with van der Waals surface area (Å²) in [4.78, 5) is 31.4. The van der Waals surface area contributed by atoms with E-state index in [2.05, 4.69) is 15.0 Å². The summed E-state index contributed by atoms with van der Waals surface area (Å²) < 4.78 is 10.3. The molecule has 0 aliphatic carbocycles. The van der Waals surface area contributed by atoms with Gasteiger partial charge in [0.05, 0.1) is 19.1 Å². The van der Waals surface area contributed by atoms with E-state index in [0.717, 1.165) is 32.5 Å². The summed E-state index contributed by atoms with van der Waals surface area (Å²) in [5.41, 5.74) is 5.10. The van der Waals surface area contributed by atoms with Crippen LogP contribution in [-0.2, 0) is 16.1 Å². The Balaban J connectivity index is 1.53. The summed E-state index contributed by atoms with van der Waals surface area (Å²) in [6, 6.07) is 0. The second-order valence-corrected chi connectivity index (χ2v) is 5.89. The van der Waals surface area contributed by atoms with E-state index in [-0.39, 0.29) is 17.6 Å². The molecule has 1 atom stereocenters. The molecule has 9 nitrogen and oxygen atoms in total. The van der Waals surface area contributed by atoms with Crippen LogP contribution in [0.1, 0.15) is 29.4 Å². The van der Waals surface area contributed by atoms with Crippen LogP contribution in [0, 0.1) is 5.92 Å². The van der Waals surface area contributed by atoms with Crippen molar-refractivity contribution in [2.75, 3.05) is 39.4 Å². The van der Waals surface area contributed by atoms with Crippen LogP contribution in [0.4, 0.5) is 0 Å². The number of nitrogens with two attached hydrogens (primary N) is 1. The van der Waals surface area contributed by atoms with Gasteiger partial charge in [0, 0.05) is 32.8 Å². The van der Waals surface area contributed by atoms with Gasteiger partial charge in [-0.15, -0.1) is 0 Å². The number of carbonyl (C=O) groups is 2. The average Bonchev–Trinajstić information content (AvgIpc) is 3.16. The van der Waals surface area contributed by atoms with Crippen LogP contribution in [0.2, 0.25) is 0 Å². The molecule has 3 heterocycles. The molecule has 23 heavy (non-hydrogen) atoms. The first kappa shape index (κ1) is 15.9. The number of rotatable bonds is 4. The highest BCUT2D eigenvalue weighted by Gasteiger charge is 2.29. The molecule has 0 aromatic carbocycles. The Morgan fingerprint density at radius 3 is 2.83 bits per heavy atom. The van der Waals surface area contributed by atoms with Crippen LogP contribution in [0.15, 0.2) is 4.52 Å². The Morgan fingerprint density at radius 1 is 1.26 bits per heavy atom. The summed E-state index contributed by atoms with van der Waals surface area (Å²) in [7, 11) is 0. The van der Waals surface area contributed by atoms with E-state index < -0.39 is 5.91 Å². The number of nitrogens with zero attached hydrogens (tertiary/aromatic N) is 4. The largest absolute Gasteiger partial charge is 0.381 e. The van der Waals surface area contributed by atoms with Gasteiger partial charge in [-0.2, -0.15) is 4.98 Å². The smallest absolute Gasteiger partial charge is 0.290 e. The van der Waals surface area contributed by atoms with Gasteiger partial charge in [-0.05, 0) is 12.8 Å². The topological polar surface area (TPSA) is 115 Å². The lowest BCUT2D eigenvalue weighted by atomic mass is 10.1. The third-order valence-electron chi connectivity index (χ3n) is 4.23. The molecule has 0 bridgehead atoms. The van der Waals surface area contributed by atoms with Crippen LogP contribution in [0.5, 0.6) is 0 Å². The number of primary amides is 1. The van der Waals surface area contributed by atoms with Crippen molar-refractivity contribution in [2.24, 2.45) is 11.7 Å². The summed E-state index contributed by atoms with van der Waals surface area (Å²) in [5.74, 6) is -0.240. The highest BCUT2D eigenvalue weighted by molar-refractivity contribution is 5.88. The molecule has 2 amide bonds. The fraction of sp³-hybridized carbons (Fsp3) is 0.714. The van der Waals surface area contributed by atoms with Crippen molar-refractivity contribution >= 4 is 11.8 Å². The van der Waals surface area contributed by atoms with Crippen LogP contribution in [0.25, 0.3) is 0 Å². The molecule has 0 spiro atoms. The Kier molecular flexibility index (Phi) is 4.87. The predicted molar refractivity (Wildman–Crippen MR) is 78.2 cm³/mol. The van der Waals surface area contributed by atoms with Gasteiger partial charge in [-0.1, -0.05) is 5.16 Å². The third-order valence-corrected chi connectivity index (χ3v) is 4.23. The van der Waals surface area contributed by atoms with E-state index in [4.69, 9.17) is 15.0 Å². The predicted octanol–water partition coefficient (Wildman–Crippen LogP) is -0.761. The minimum atomic E-state index is -0.702. The molecule has 1 aromatic heterocycles. The van der Waals surface area contributed by atoms with E-state index in [1.165, 1.54) is 0 Å². The Morgan fingerprint density at radius 2 is 2.13 bits per heavy atom. The summed E-state index contributed by atoms with van der Waals surface area (Å²) in [6.45, 7) is 4.66. The number of hydrogen-bond donors (Lipinski definition) is 1. The number of carbonyl (C=O) groups excluding carboxylic acids is 2. The number of ether oxygens (including phenoxy) is 1. The Hall–Kier alpha value is -2.00. The Bertz CT molecular complexity index is 569. The number of aromatic nitrogens is 2. The molecule has 2 N–H and O–H groups in total. The van der Waals surface area contributed by atoms with Crippen molar-refractivity contribution in [3.05, 3.63) is 11.7 Å². The first-order valence-corrected chi connectivity index (χ1v) is 7.85. The van der Waals surface area contributed by atoms with E-state index in [1.54, 1.807) is 0 Å². The SMILES string of the molecule is NC(=O)c1noc(CN2CCCN(C(=O)C3CCOC3)CC2)n1. The van der Waals surface area contributed by atoms with Gasteiger partial charge in [0.25, 0.3) is 11.7 Å². The molecular formula is C14H21N5O4. The zero-order valence-electron chi connectivity index (χ0n) is 12.9. The lowest BCUT2D eigenvalue weighted by molar-refractivity contribution is -0.135. The van der Waals surface area contributed by atoms with Gasteiger partial charge in [0.2, 0.25) is 11.8 Å². The van der Waals surface area contributed by atoms with E-state index in [0.29, 0.717) is 32.2 Å². The quantitative estimate of drug-likeness (QED) is 0.774. The van der Waals surface area contributed by atoms with Gasteiger partial charge in [0.15, 0.2) is 0 Å². The van der Waals surface area contributed by atoms with Crippen LogP contribution >= 0.6 is 0 Å². The molecule has 0 radical (unpaired) electrons. The molecule has 2 aliphatic rings. The minimum Gasteiger partial charge on any atom is -0.381 e. The monoisotopic (exact) mass is 323 g/mol. The summed E-state index contributed by atoms with van der Waals surface area (Å²) >= 11 is 0. The molecular weight excluding hydrogens is 302 g/mol. The van der Waals surface area contributed by atoms with E-state index in [1.807, 2.05) is 4.90 Å². The highest BCUT2D eigenvalue weighted by atomic mass is 16.5. The van der Waals surface area contributed by atoms with Crippen molar-refractivity contribution in [1.82, 2.24) is 19.9 Å². The molecule has 3 rings (SSSR count). The second kappa shape index (κ2) is 7.05. The van der Waals surface area contributed by atoms with Gasteiger partial charge in [-0.25, -0.2) is 0 Å².